The van der Waals surface area contributed by atoms with E-state index < -0.39 is 9.84 Å². The molecule has 1 fully saturated rings. The summed E-state index contributed by atoms with van der Waals surface area (Å²) >= 11 is 6.18. The lowest BCUT2D eigenvalue weighted by Gasteiger charge is -2.26. The Kier molecular flexibility index (Phi) is 3.69. The van der Waals surface area contributed by atoms with Gasteiger partial charge in [-0.05, 0) is 31.9 Å². The van der Waals surface area contributed by atoms with Gasteiger partial charge in [0.15, 0.2) is 9.84 Å². The van der Waals surface area contributed by atoms with Gasteiger partial charge in [0, 0.05) is 12.1 Å². The van der Waals surface area contributed by atoms with Crippen LogP contribution in [0, 0.1) is 5.82 Å². The van der Waals surface area contributed by atoms with Crippen molar-refractivity contribution in [2.24, 2.45) is 0 Å². The first-order chi connectivity index (χ1) is 9.87. The van der Waals surface area contributed by atoms with Gasteiger partial charge in [-0.15, -0.1) is 11.6 Å². The van der Waals surface area contributed by atoms with Gasteiger partial charge in [0.1, 0.15) is 11.6 Å². The van der Waals surface area contributed by atoms with E-state index in [4.69, 9.17) is 11.6 Å². The predicted octanol–water partition coefficient (Wildman–Crippen LogP) is 3.22. The first-order valence-corrected chi connectivity index (χ1v) is 9.15. The lowest BCUT2D eigenvalue weighted by molar-refractivity contribution is 0.466. The van der Waals surface area contributed by atoms with Crippen LogP contribution in [-0.2, 0) is 9.84 Å². The molecule has 3 rings (SSSR count). The van der Waals surface area contributed by atoms with Gasteiger partial charge in [0.2, 0.25) is 0 Å². The van der Waals surface area contributed by atoms with E-state index in [0.717, 1.165) is 11.9 Å². The maximum absolute atomic E-state index is 13.4. The fourth-order valence-electron chi connectivity index (χ4n) is 2.96. The van der Waals surface area contributed by atoms with Crippen LogP contribution < -0.4 is 0 Å². The molecule has 2 atom stereocenters. The van der Waals surface area contributed by atoms with Gasteiger partial charge < -0.3 is 4.57 Å². The summed E-state index contributed by atoms with van der Waals surface area (Å²) in [6, 6.07) is 4.17. The third-order valence-electron chi connectivity index (χ3n) is 3.84. The molecular weight excluding hydrogens is 315 g/mol. The fourth-order valence-corrected chi connectivity index (χ4v) is 4.79. The molecule has 0 spiro atoms. The Balaban J connectivity index is 2.17. The number of rotatable bonds is 2. The van der Waals surface area contributed by atoms with Gasteiger partial charge in [-0.1, -0.05) is 0 Å². The molecule has 1 aliphatic heterocycles. The van der Waals surface area contributed by atoms with E-state index in [0.29, 0.717) is 17.8 Å². The monoisotopic (exact) mass is 330 g/mol. The van der Waals surface area contributed by atoms with E-state index in [1.165, 1.54) is 12.1 Å². The molecule has 0 aliphatic carbocycles. The smallest absolute Gasteiger partial charge is 0.152 e. The second kappa shape index (κ2) is 5.25. The second-order valence-corrected chi connectivity index (χ2v) is 8.38. The van der Waals surface area contributed by atoms with Crippen molar-refractivity contribution < 1.29 is 12.8 Å². The summed E-state index contributed by atoms with van der Waals surface area (Å²) in [5.74, 6) is 0.555. The van der Waals surface area contributed by atoms with E-state index >= 15 is 0 Å². The minimum Gasteiger partial charge on any atom is -0.323 e. The number of benzene rings is 1. The first-order valence-electron chi connectivity index (χ1n) is 6.89. The Morgan fingerprint density at radius 2 is 2.24 bits per heavy atom. The Hall–Kier alpha value is -1.14. The molecule has 114 valence electrons. The summed E-state index contributed by atoms with van der Waals surface area (Å²) in [5.41, 5.74) is 1.25. The maximum Gasteiger partial charge on any atom is 0.152 e. The van der Waals surface area contributed by atoms with Crippen LogP contribution in [0.25, 0.3) is 11.0 Å². The average Bonchev–Trinajstić information content (AvgIpc) is 2.76. The molecule has 2 heterocycles. The molecule has 2 unspecified atom stereocenters. The molecule has 1 aliphatic rings. The maximum atomic E-state index is 13.4. The summed E-state index contributed by atoms with van der Waals surface area (Å²) in [6.07, 6.45) is 1.39. The van der Waals surface area contributed by atoms with Crippen molar-refractivity contribution in [3.8, 4) is 0 Å². The highest BCUT2D eigenvalue weighted by Gasteiger charge is 2.29. The van der Waals surface area contributed by atoms with Crippen LogP contribution in [0.15, 0.2) is 18.2 Å². The topological polar surface area (TPSA) is 52.0 Å². The number of sulfone groups is 1. The number of aromatic nitrogens is 2. The molecule has 21 heavy (non-hydrogen) atoms. The van der Waals surface area contributed by atoms with Crippen LogP contribution in [0.2, 0.25) is 0 Å². The highest BCUT2D eigenvalue weighted by Crippen LogP contribution is 2.33. The van der Waals surface area contributed by atoms with Crippen molar-refractivity contribution in [1.82, 2.24) is 9.55 Å². The van der Waals surface area contributed by atoms with Crippen molar-refractivity contribution in [2.45, 2.75) is 31.2 Å². The van der Waals surface area contributed by atoms with Crippen molar-refractivity contribution in [1.29, 1.82) is 0 Å². The van der Waals surface area contributed by atoms with Crippen molar-refractivity contribution in [2.75, 3.05) is 11.5 Å². The zero-order valence-corrected chi connectivity index (χ0v) is 13.2. The highest BCUT2D eigenvalue weighted by molar-refractivity contribution is 7.91. The van der Waals surface area contributed by atoms with Crippen LogP contribution in [0.5, 0.6) is 0 Å². The lowest BCUT2D eigenvalue weighted by atomic mass is 10.1. The summed E-state index contributed by atoms with van der Waals surface area (Å²) < 4.78 is 39.0. The van der Waals surface area contributed by atoms with Gasteiger partial charge in [-0.3, -0.25) is 0 Å². The molecule has 4 nitrogen and oxygen atoms in total. The minimum atomic E-state index is -3.04. The fraction of sp³-hybridized carbons (Fsp3) is 0.500. The lowest BCUT2D eigenvalue weighted by Crippen LogP contribution is -2.28. The third kappa shape index (κ3) is 2.79. The molecular formula is C14H16ClFN2O2S. The minimum absolute atomic E-state index is 0.0897. The van der Waals surface area contributed by atoms with Crippen LogP contribution >= 0.6 is 11.6 Å². The number of fused-ring (bicyclic) bond motifs is 1. The van der Waals surface area contributed by atoms with E-state index in [2.05, 4.69) is 4.98 Å². The number of imidazole rings is 1. The molecule has 0 bridgehead atoms. The first kappa shape index (κ1) is 14.8. The third-order valence-corrected chi connectivity index (χ3v) is 5.84. The van der Waals surface area contributed by atoms with Gasteiger partial charge in [0.05, 0.1) is 27.9 Å². The summed E-state index contributed by atoms with van der Waals surface area (Å²) in [7, 11) is -3.04. The Labute approximate surface area is 127 Å². The standard InChI is InChI=1S/C14H16ClFN2O2S/c1-9(15)14-17-12-7-10(16)4-5-13(12)18(14)11-3-2-6-21(19,20)8-11/h4-5,7,9,11H,2-3,6,8H2,1H3. The van der Waals surface area contributed by atoms with E-state index in [1.54, 1.807) is 13.0 Å². The molecule has 7 heteroatoms. The molecule has 0 amide bonds. The molecule has 1 aromatic heterocycles. The van der Waals surface area contributed by atoms with Crippen LogP contribution in [0.1, 0.15) is 37.0 Å². The van der Waals surface area contributed by atoms with Crippen molar-refractivity contribution in [3.05, 3.63) is 29.8 Å². The average molecular weight is 331 g/mol. The number of nitrogens with zero attached hydrogens (tertiary/aromatic N) is 2. The number of hydrogen-bond acceptors (Lipinski definition) is 3. The van der Waals surface area contributed by atoms with Gasteiger partial charge in [-0.2, -0.15) is 0 Å². The summed E-state index contributed by atoms with van der Waals surface area (Å²) in [5, 5.41) is -0.370. The van der Waals surface area contributed by atoms with Crippen LogP contribution in [0.3, 0.4) is 0 Å². The van der Waals surface area contributed by atoms with E-state index in [9.17, 15) is 12.8 Å². The molecule has 1 aromatic carbocycles. The van der Waals surface area contributed by atoms with Crippen LogP contribution in [0.4, 0.5) is 4.39 Å². The van der Waals surface area contributed by atoms with Crippen molar-refractivity contribution >= 4 is 32.5 Å². The van der Waals surface area contributed by atoms with Gasteiger partial charge >= 0.3 is 0 Å². The summed E-state index contributed by atoms with van der Waals surface area (Å²) in [4.78, 5) is 4.39. The zero-order valence-electron chi connectivity index (χ0n) is 11.6. The number of hydrogen-bond donors (Lipinski definition) is 0. The molecule has 2 aromatic rings. The van der Waals surface area contributed by atoms with E-state index in [1.807, 2.05) is 4.57 Å². The molecule has 1 saturated heterocycles. The quantitative estimate of drug-likeness (QED) is 0.794. The largest absolute Gasteiger partial charge is 0.323 e. The van der Waals surface area contributed by atoms with Crippen molar-refractivity contribution in [3.63, 3.8) is 0 Å². The second-order valence-electron chi connectivity index (χ2n) is 5.50. The Morgan fingerprint density at radius 3 is 2.90 bits per heavy atom. The predicted molar refractivity (Wildman–Crippen MR) is 80.9 cm³/mol. The molecule has 0 radical (unpaired) electrons. The normalized spacial score (nSPS) is 23.3. The van der Waals surface area contributed by atoms with E-state index in [-0.39, 0.29) is 28.7 Å². The summed E-state index contributed by atoms with van der Waals surface area (Å²) in [6.45, 7) is 1.78. The highest BCUT2D eigenvalue weighted by atomic mass is 35.5. The van der Waals surface area contributed by atoms with Gasteiger partial charge in [0.25, 0.3) is 0 Å². The van der Waals surface area contributed by atoms with Gasteiger partial charge in [-0.25, -0.2) is 17.8 Å². The Bertz CT molecular complexity index is 786. The Morgan fingerprint density at radius 1 is 1.48 bits per heavy atom. The number of alkyl halides is 1. The molecule has 0 saturated carbocycles. The zero-order chi connectivity index (χ0) is 15.2. The van der Waals surface area contributed by atoms with Crippen LogP contribution in [-0.4, -0.2) is 29.5 Å². The number of halogens is 2. The SMILES string of the molecule is CC(Cl)c1nc2cc(F)ccc2n1C1CCCS(=O)(=O)C1. The molecule has 0 N–H and O–H groups in total.